The number of carbonyl (C=O) groups is 2. The summed E-state index contributed by atoms with van der Waals surface area (Å²) in [7, 11) is 0. The number of rotatable bonds is 5. The van der Waals surface area contributed by atoms with Crippen LogP contribution in [-0.4, -0.2) is 41.0 Å². The average Bonchev–Trinajstić information content (AvgIpc) is 3.03. The van der Waals surface area contributed by atoms with Crippen molar-refractivity contribution in [3.05, 3.63) is 47.1 Å². The molecule has 0 bridgehead atoms. The van der Waals surface area contributed by atoms with E-state index >= 15 is 0 Å². The highest BCUT2D eigenvalue weighted by Crippen LogP contribution is 2.20. The van der Waals surface area contributed by atoms with Crippen LogP contribution in [0.25, 0.3) is 11.3 Å². The van der Waals surface area contributed by atoms with Crippen LogP contribution in [-0.2, 0) is 20.9 Å². The smallest absolute Gasteiger partial charge is 0.419 e. The van der Waals surface area contributed by atoms with Gasteiger partial charge in [0.15, 0.2) is 5.76 Å². The molecule has 1 aromatic heterocycles. The Labute approximate surface area is 151 Å². The van der Waals surface area contributed by atoms with Gasteiger partial charge in [-0.3, -0.25) is 14.2 Å². The lowest BCUT2D eigenvalue weighted by Gasteiger charge is -2.30. The molecule has 0 N–H and O–H groups in total. The van der Waals surface area contributed by atoms with Gasteiger partial charge in [0, 0.05) is 18.7 Å². The molecule has 138 valence electrons. The molecule has 7 heteroatoms. The van der Waals surface area contributed by atoms with Gasteiger partial charge in [0.25, 0.3) is 0 Å². The molecular formula is C19H22N2O5. The zero-order valence-corrected chi connectivity index (χ0v) is 14.7. The SMILES string of the molecule is CCOC(=O)C1CCN(C(=O)Cn2cc(-c3ccccc3)oc2=O)CC1. The third-order valence-electron chi connectivity index (χ3n) is 4.54. The first-order valence-corrected chi connectivity index (χ1v) is 8.78. The van der Waals surface area contributed by atoms with Crippen molar-refractivity contribution in [1.82, 2.24) is 9.47 Å². The van der Waals surface area contributed by atoms with Crippen LogP contribution >= 0.6 is 0 Å². The van der Waals surface area contributed by atoms with Crippen LogP contribution in [0.5, 0.6) is 0 Å². The second-order valence-electron chi connectivity index (χ2n) is 6.26. The molecule has 1 aliphatic heterocycles. The summed E-state index contributed by atoms with van der Waals surface area (Å²) in [6, 6.07) is 9.26. The number of carbonyl (C=O) groups excluding carboxylic acids is 2. The number of amides is 1. The standard InChI is InChI=1S/C19H22N2O5/c1-2-25-18(23)15-8-10-20(11-9-15)17(22)13-21-12-16(26-19(21)24)14-6-4-3-5-7-14/h3-7,12,15H,2,8-11,13H2,1H3. The summed E-state index contributed by atoms with van der Waals surface area (Å²) in [6.07, 6.45) is 2.72. The number of benzene rings is 1. The number of aromatic nitrogens is 1. The molecule has 0 atom stereocenters. The molecule has 1 amide bonds. The van der Waals surface area contributed by atoms with Gasteiger partial charge in [0.2, 0.25) is 5.91 Å². The lowest BCUT2D eigenvalue weighted by molar-refractivity contribution is -0.151. The predicted molar refractivity (Wildman–Crippen MR) is 94.3 cm³/mol. The summed E-state index contributed by atoms with van der Waals surface area (Å²) in [5.41, 5.74) is 0.783. The molecule has 0 spiro atoms. The second-order valence-corrected chi connectivity index (χ2v) is 6.26. The topological polar surface area (TPSA) is 81.8 Å². The van der Waals surface area contributed by atoms with Crippen LogP contribution < -0.4 is 5.76 Å². The van der Waals surface area contributed by atoms with E-state index in [4.69, 9.17) is 9.15 Å². The van der Waals surface area contributed by atoms with Crippen molar-refractivity contribution in [2.24, 2.45) is 5.92 Å². The van der Waals surface area contributed by atoms with Gasteiger partial charge in [0.05, 0.1) is 18.7 Å². The van der Waals surface area contributed by atoms with E-state index in [1.54, 1.807) is 18.0 Å². The summed E-state index contributed by atoms with van der Waals surface area (Å²) in [5.74, 6) is -0.628. The van der Waals surface area contributed by atoms with Crippen molar-refractivity contribution >= 4 is 11.9 Å². The largest absolute Gasteiger partial charge is 0.466 e. The van der Waals surface area contributed by atoms with E-state index in [0.29, 0.717) is 38.3 Å². The van der Waals surface area contributed by atoms with E-state index < -0.39 is 5.76 Å². The maximum Gasteiger partial charge on any atom is 0.419 e. The molecule has 2 aromatic rings. The third-order valence-corrected chi connectivity index (χ3v) is 4.54. The van der Waals surface area contributed by atoms with Gasteiger partial charge in [-0.1, -0.05) is 30.3 Å². The number of hydrogen-bond acceptors (Lipinski definition) is 5. The van der Waals surface area contributed by atoms with Gasteiger partial charge in [0.1, 0.15) is 6.54 Å². The number of nitrogens with zero attached hydrogens (tertiary/aromatic N) is 2. The molecule has 1 aromatic carbocycles. The second kappa shape index (κ2) is 8.03. The first-order chi connectivity index (χ1) is 12.6. The van der Waals surface area contributed by atoms with E-state index in [1.165, 1.54) is 4.57 Å². The first-order valence-electron chi connectivity index (χ1n) is 8.78. The summed E-state index contributed by atoms with van der Waals surface area (Å²) in [4.78, 5) is 37.9. The maximum absolute atomic E-state index is 12.5. The summed E-state index contributed by atoms with van der Waals surface area (Å²) < 4.78 is 11.6. The highest BCUT2D eigenvalue weighted by Gasteiger charge is 2.28. The summed E-state index contributed by atoms with van der Waals surface area (Å²) >= 11 is 0. The number of ether oxygens (including phenoxy) is 1. The third kappa shape index (κ3) is 4.04. The van der Waals surface area contributed by atoms with E-state index in [0.717, 1.165) is 5.56 Å². The van der Waals surface area contributed by atoms with Crippen molar-refractivity contribution in [2.45, 2.75) is 26.3 Å². The number of esters is 1. The first kappa shape index (κ1) is 18.0. The molecule has 7 nitrogen and oxygen atoms in total. The van der Waals surface area contributed by atoms with Crippen LogP contribution in [0.1, 0.15) is 19.8 Å². The van der Waals surface area contributed by atoms with Crippen LogP contribution in [0, 0.1) is 5.92 Å². The molecule has 0 saturated carbocycles. The van der Waals surface area contributed by atoms with Crippen molar-refractivity contribution < 1.29 is 18.7 Å². The average molecular weight is 358 g/mol. The molecular weight excluding hydrogens is 336 g/mol. The minimum Gasteiger partial charge on any atom is -0.466 e. The fourth-order valence-electron chi connectivity index (χ4n) is 3.09. The number of piperidine rings is 1. The zero-order chi connectivity index (χ0) is 18.5. The van der Waals surface area contributed by atoms with Crippen LogP contribution in [0.2, 0.25) is 0 Å². The fourth-order valence-corrected chi connectivity index (χ4v) is 3.09. The molecule has 0 radical (unpaired) electrons. The van der Waals surface area contributed by atoms with Crippen LogP contribution in [0.15, 0.2) is 45.7 Å². The van der Waals surface area contributed by atoms with Gasteiger partial charge in [-0.2, -0.15) is 0 Å². The van der Waals surface area contributed by atoms with Gasteiger partial charge in [-0.25, -0.2) is 4.79 Å². The summed E-state index contributed by atoms with van der Waals surface area (Å²) in [6.45, 7) is 3.05. The number of oxazole rings is 1. The molecule has 1 saturated heterocycles. The van der Waals surface area contributed by atoms with Crippen molar-refractivity contribution in [2.75, 3.05) is 19.7 Å². The van der Waals surface area contributed by atoms with Crippen LogP contribution in [0.3, 0.4) is 0 Å². The molecule has 3 rings (SSSR count). The molecule has 0 aliphatic carbocycles. The van der Waals surface area contributed by atoms with Gasteiger partial charge >= 0.3 is 11.7 Å². The monoisotopic (exact) mass is 358 g/mol. The Morgan fingerprint density at radius 1 is 1.19 bits per heavy atom. The molecule has 1 fully saturated rings. The highest BCUT2D eigenvalue weighted by atomic mass is 16.5. The molecule has 0 unspecified atom stereocenters. The van der Waals surface area contributed by atoms with E-state index in [-0.39, 0.29) is 24.3 Å². The Balaban J connectivity index is 1.60. The lowest BCUT2D eigenvalue weighted by atomic mass is 9.97. The maximum atomic E-state index is 12.5. The minimum absolute atomic E-state index is 0.0702. The van der Waals surface area contributed by atoms with Gasteiger partial charge in [-0.05, 0) is 19.8 Å². The van der Waals surface area contributed by atoms with Gasteiger partial charge in [-0.15, -0.1) is 0 Å². The van der Waals surface area contributed by atoms with Crippen molar-refractivity contribution in [1.29, 1.82) is 0 Å². The molecule has 2 heterocycles. The van der Waals surface area contributed by atoms with Gasteiger partial charge < -0.3 is 14.1 Å². The van der Waals surface area contributed by atoms with E-state index in [1.807, 2.05) is 30.3 Å². The number of hydrogen-bond donors (Lipinski definition) is 0. The van der Waals surface area contributed by atoms with E-state index in [9.17, 15) is 14.4 Å². The Kier molecular flexibility index (Phi) is 5.55. The lowest BCUT2D eigenvalue weighted by Crippen LogP contribution is -2.42. The quantitative estimate of drug-likeness (QED) is 0.763. The Morgan fingerprint density at radius 3 is 2.54 bits per heavy atom. The Bertz CT molecular complexity index is 816. The van der Waals surface area contributed by atoms with Crippen LogP contribution in [0.4, 0.5) is 0 Å². The molecule has 26 heavy (non-hydrogen) atoms. The highest BCUT2D eigenvalue weighted by molar-refractivity contribution is 5.77. The zero-order valence-electron chi connectivity index (χ0n) is 14.7. The predicted octanol–water partition coefficient (Wildman–Crippen LogP) is 1.91. The van der Waals surface area contributed by atoms with Crippen molar-refractivity contribution in [3.63, 3.8) is 0 Å². The Morgan fingerprint density at radius 2 is 1.88 bits per heavy atom. The Hall–Kier alpha value is -2.83. The minimum atomic E-state index is -0.557. The normalized spacial score (nSPS) is 15.0. The number of likely N-dealkylation sites (tertiary alicyclic amines) is 1. The summed E-state index contributed by atoms with van der Waals surface area (Å²) in [5, 5.41) is 0. The molecule has 1 aliphatic rings. The van der Waals surface area contributed by atoms with E-state index in [2.05, 4.69) is 0 Å². The fraction of sp³-hybridized carbons (Fsp3) is 0.421. The van der Waals surface area contributed by atoms with Crippen molar-refractivity contribution in [3.8, 4) is 11.3 Å².